The largest absolute Gasteiger partial charge is 0.477 e. The maximum Gasteiger partial charge on any atom is 0.352 e. The molecular weight excluding hydrogens is 216 g/mol. The first-order valence-electron chi connectivity index (χ1n) is 5.46. The summed E-state index contributed by atoms with van der Waals surface area (Å²) in [5.74, 6) is -0.874. The Morgan fingerprint density at radius 1 is 1.35 bits per heavy atom. The van der Waals surface area contributed by atoms with E-state index in [1.165, 1.54) is 0 Å². The lowest BCUT2D eigenvalue weighted by atomic mass is 10.1. The van der Waals surface area contributed by atoms with Crippen LogP contribution in [-0.4, -0.2) is 34.6 Å². The Hall–Kier alpha value is -1.81. The molecular formula is C13H16N2O2. The lowest BCUT2D eigenvalue weighted by Gasteiger charge is -2.10. The standard InChI is InChI=1S/C13H16N2O2/c1-14(2)8-10-9-6-4-5-7-11(9)15(3)12(10)13(16)17/h4-7H,8H2,1-3H3,(H,16,17). The summed E-state index contributed by atoms with van der Waals surface area (Å²) in [4.78, 5) is 13.3. The van der Waals surface area contributed by atoms with Crippen molar-refractivity contribution in [1.82, 2.24) is 9.47 Å². The van der Waals surface area contributed by atoms with E-state index in [-0.39, 0.29) is 0 Å². The number of benzene rings is 1. The molecule has 0 radical (unpaired) electrons. The summed E-state index contributed by atoms with van der Waals surface area (Å²) in [7, 11) is 5.67. The SMILES string of the molecule is CN(C)Cc1c(C(=O)O)n(C)c2ccccc12. The van der Waals surface area contributed by atoms with Crippen molar-refractivity contribution >= 4 is 16.9 Å². The zero-order chi connectivity index (χ0) is 12.6. The van der Waals surface area contributed by atoms with E-state index in [1.807, 2.05) is 43.3 Å². The Morgan fingerprint density at radius 3 is 2.59 bits per heavy atom. The number of carbonyl (C=O) groups is 1. The van der Waals surface area contributed by atoms with Gasteiger partial charge in [-0.2, -0.15) is 0 Å². The summed E-state index contributed by atoms with van der Waals surface area (Å²) >= 11 is 0. The molecule has 1 heterocycles. The minimum absolute atomic E-state index is 0.375. The van der Waals surface area contributed by atoms with E-state index in [2.05, 4.69) is 0 Å². The minimum Gasteiger partial charge on any atom is -0.477 e. The molecule has 0 atom stereocenters. The van der Waals surface area contributed by atoms with Crippen molar-refractivity contribution < 1.29 is 9.90 Å². The zero-order valence-electron chi connectivity index (χ0n) is 10.3. The first kappa shape index (κ1) is 11.7. The van der Waals surface area contributed by atoms with Crippen molar-refractivity contribution in [2.24, 2.45) is 7.05 Å². The predicted molar refractivity (Wildman–Crippen MR) is 67.3 cm³/mol. The van der Waals surface area contributed by atoms with Crippen LogP contribution in [0.25, 0.3) is 10.9 Å². The van der Waals surface area contributed by atoms with Crippen LogP contribution in [-0.2, 0) is 13.6 Å². The second-order valence-electron chi connectivity index (χ2n) is 4.45. The fourth-order valence-electron chi connectivity index (χ4n) is 2.22. The van der Waals surface area contributed by atoms with E-state index in [0.29, 0.717) is 12.2 Å². The third-order valence-electron chi connectivity index (χ3n) is 2.89. The Balaban J connectivity index is 2.76. The van der Waals surface area contributed by atoms with Crippen LogP contribution < -0.4 is 0 Å². The molecule has 0 amide bonds. The molecule has 0 fully saturated rings. The summed E-state index contributed by atoms with van der Waals surface area (Å²) < 4.78 is 1.75. The second kappa shape index (κ2) is 4.22. The van der Waals surface area contributed by atoms with E-state index in [9.17, 15) is 9.90 Å². The molecule has 0 aliphatic rings. The molecule has 2 aromatic rings. The average Bonchev–Trinajstić information content (AvgIpc) is 2.52. The summed E-state index contributed by atoms with van der Waals surface area (Å²) in [6.45, 7) is 0.628. The first-order chi connectivity index (χ1) is 8.02. The van der Waals surface area contributed by atoms with E-state index in [4.69, 9.17) is 0 Å². The van der Waals surface area contributed by atoms with Gasteiger partial charge < -0.3 is 14.6 Å². The Morgan fingerprint density at radius 2 is 2.00 bits per heavy atom. The number of para-hydroxylation sites is 1. The van der Waals surface area contributed by atoms with Crippen molar-refractivity contribution in [3.63, 3.8) is 0 Å². The highest BCUT2D eigenvalue weighted by molar-refractivity contribution is 5.98. The molecule has 4 heteroatoms. The lowest BCUT2D eigenvalue weighted by molar-refractivity contribution is 0.0685. The Labute approximate surface area is 100 Å². The van der Waals surface area contributed by atoms with Crippen LogP contribution in [0.3, 0.4) is 0 Å². The maximum absolute atomic E-state index is 11.4. The number of fused-ring (bicyclic) bond motifs is 1. The summed E-state index contributed by atoms with van der Waals surface area (Å²) in [6.07, 6.45) is 0. The van der Waals surface area contributed by atoms with Gasteiger partial charge in [0.2, 0.25) is 0 Å². The topological polar surface area (TPSA) is 45.5 Å². The zero-order valence-corrected chi connectivity index (χ0v) is 10.3. The summed E-state index contributed by atoms with van der Waals surface area (Å²) in [5, 5.41) is 10.3. The molecule has 4 nitrogen and oxygen atoms in total. The highest BCUT2D eigenvalue weighted by atomic mass is 16.4. The molecule has 0 aliphatic heterocycles. The maximum atomic E-state index is 11.4. The molecule has 1 aromatic carbocycles. The number of rotatable bonds is 3. The number of aryl methyl sites for hydroxylation is 1. The van der Waals surface area contributed by atoms with E-state index in [1.54, 1.807) is 11.6 Å². The van der Waals surface area contributed by atoms with Gasteiger partial charge in [-0.1, -0.05) is 18.2 Å². The molecule has 0 spiro atoms. The molecule has 0 saturated heterocycles. The van der Waals surface area contributed by atoms with E-state index >= 15 is 0 Å². The molecule has 0 bridgehead atoms. The molecule has 17 heavy (non-hydrogen) atoms. The highest BCUT2D eigenvalue weighted by Gasteiger charge is 2.20. The number of aromatic nitrogens is 1. The normalized spacial score (nSPS) is 11.3. The van der Waals surface area contributed by atoms with Gasteiger partial charge in [0.15, 0.2) is 0 Å². The van der Waals surface area contributed by atoms with Crippen molar-refractivity contribution in [3.05, 3.63) is 35.5 Å². The van der Waals surface area contributed by atoms with Crippen molar-refractivity contribution in [3.8, 4) is 0 Å². The monoisotopic (exact) mass is 232 g/mol. The fraction of sp³-hybridized carbons (Fsp3) is 0.308. The molecule has 0 saturated carbocycles. The van der Waals surface area contributed by atoms with Gasteiger partial charge in [0.25, 0.3) is 0 Å². The molecule has 2 rings (SSSR count). The van der Waals surface area contributed by atoms with Crippen molar-refractivity contribution in [2.75, 3.05) is 14.1 Å². The Bertz CT molecular complexity index is 570. The van der Waals surface area contributed by atoms with E-state index in [0.717, 1.165) is 16.5 Å². The molecule has 0 aliphatic carbocycles. The number of hydrogen-bond donors (Lipinski definition) is 1. The van der Waals surface area contributed by atoms with Gasteiger partial charge in [-0.15, -0.1) is 0 Å². The van der Waals surface area contributed by atoms with Gasteiger partial charge in [0, 0.05) is 30.1 Å². The third kappa shape index (κ3) is 1.91. The predicted octanol–water partition coefficient (Wildman–Crippen LogP) is 1.94. The number of carboxylic acids is 1. The first-order valence-corrected chi connectivity index (χ1v) is 5.46. The summed E-state index contributed by atoms with van der Waals surface area (Å²) in [5.41, 5.74) is 2.21. The fourth-order valence-corrected chi connectivity index (χ4v) is 2.22. The van der Waals surface area contributed by atoms with Crippen LogP contribution >= 0.6 is 0 Å². The number of carboxylic acid groups (broad SMARTS) is 1. The molecule has 1 N–H and O–H groups in total. The lowest BCUT2D eigenvalue weighted by Crippen LogP contribution is -2.15. The molecule has 90 valence electrons. The van der Waals surface area contributed by atoms with Crippen molar-refractivity contribution in [1.29, 1.82) is 0 Å². The summed E-state index contributed by atoms with van der Waals surface area (Å²) in [6, 6.07) is 7.78. The molecule has 0 unspecified atom stereocenters. The van der Waals surface area contributed by atoms with Gasteiger partial charge in [-0.25, -0.2) is 4.79 Å². The highest BCUT2D eigenvalue weighted by Crippen LogP contribution is 2.26. The third-order valence-corrected chi connectivity index (χ3v) is 2.89. The van der Waals surface area contributed by atoms with Crippen LogP contribution in [0.1, 0.15) is 16.1 Å². The number of hydrogen-bond acceptors (Lipinski definition) is 2. The smallest absolute Gasteiger partial charge is 0.352 e. The number of aromatic carboxylic acids is 1. The van der Waals surface area contributed by atoms with Crippen LogP contribution in [0, 0.1) is 0 Å². The van der Waals surface area contributed by atoms with Gasteiger partial charge in [0.05, 0.1) is 0 Å². The second-order valence-corrected chi connectivity index (χ2v) is 4.45. The van der Waals surface area contributed by atoms with E-state index < -0.39 is 5.97 Å². The average molecular weight is 232 g/mol. The number of nitrogens with zero attached hydrogens (tertiary/aromatic N) is 2. The van der Waals surface area contributed by atoms with Gasteiger partial charge in [-0.05, 0) is 20.2 Å². The van der Waals surface area contributed by atoms with Crippen LogP contribution in [0.5, 0.6) is 0 Å². The molecule has 1 aromatic heterocycles. The Kier molecular flexibility index (Phi) is 2.90. The van der Waals surface area contributed by atoms with Gasteiger partial charge in [-0.3, -0.25) is 0 Å². The van der Waals surface area contributed by atoms with Crippen molar-refractivity contribution in [2.45, 2.75) is 6.54 Å². The quantitative estimate of drug-likeness (QED) is 0.879. The minimum atomic E-state index is -0.874. The van der Waals surface area contributed by atoms with Crippen LogP contribution in [0.2, 0.25) is 0 Å². The van der Waals surface area contributed by atoms with Crippen LogP contribution in [0.15, 0.2) is 24.3 Å². The van der Waals surface area contributed by atoms with Gasteiger partial charge >= 0.3 is 5.97 Å². The van der Waals surface area contributed by atoms with Crippen LogP contribution in [0.4, 0.5) is 0 Å². The van der Waals surface area contributed by atoms with Gasteiger partial charge in [0.1, 0.15) is 5.69 Å².